The largest absolute Gasteiger partial charge is 0.354 e. The Bertz CT molecular complexity index is 571. The Morgan fingerprint density at radius 2 is 1.89 bits per heavy atom. The zero-order valence-electron chi connectivity index (χ0n) is 11.2. The molecule has 1 aliphatic heterocycles. The molecule has 2 heterocycles. The lowest BCUT2D eigenvalue weighted by Crippen LogP contribution is -2.34. The number of hydrogen-bond donors (Lipinski definition) is 0. The van der Waals surface area contributed by atoms with Gasteiger partial charge in [0, 0.05) is 12.6 Å². The number of benzene rings is 1. The molecule has 1 aromatic heterocycles. The van der Waals surface area contributed by atoms with Gasteiger partial charge in [-0.1, -0.05) is 30.1 Å². The lowest BCUT2D eigenvalue weighted by atomic mass is 9.96. The molecule has 0 N–H and O–H groups in total. The summed E-state index contributed by atoms with van der Waals surface area (Å²) in [5.74, 6) is 1.95. The summed E-state index contributed by atoms with van der Waals surface area (Å²) >= 11 is 0. The Balaban J connectivity index is 1.70. The highest BCUT2D eigenvalue weighted by Crippen LogP contribution is 2.39. The molecule has 1 aromatic carbocycles. The van der Waals surface area contributed by atoms with Crippen molar-refractivity contribution in [3.8, 4) is 0 Å². The Morgan fingerprint density at radius 3 is 2.79 bits per heavy atom. The molecule has 3 heteroatoms. The fourth-order valence-corrected chi connectivity index (χ4v) is 3.97. The van der Waals surface area contributed by atoms with Crippen LogP contribution in [-0.4, -0.2) is 17.7 Å². The first-order chi connectivity index (χ1) is 9.43. The molecule has 1 saturated carbocycles. The van der Waals surface area contributed by atoms with E-state index in [2.05, 4.69) is 22.2 Å². The molecule has 2 aliphatic rings. The second-order valence-electron chi connectivity index (χ2n) is 5.95. The summed E-state index contributed by atoms with van der Waals surface area (Å²) in [6.07, 6.45) is 8.24. The van der Waals surface area contributed by atoms with Crippen LogP contribution in [0.4, 0.5) is 5.82 Å². The van der Waals surface area contributed by atoms with E-state index in [0.717, 1.165) is 23.9 Å². The van der Waals surface area contributed by atoms with Crippen LogP contribution in [0.3, 0.4) is 0 Å². The van der Waals surface area contributed by atoms with Gasteiger partial charge in [0.05, 0.1) is 5.39 Å². The van der Waals surface area contributed by atoms with E-state index < -0.39 is 0 Å². The highest BCUT2D eigenvalue weighted by atomic mass is 16.5. The highest BCUT2D eigenvalue weighted by molar-refractivity contribution is 5.88. The molecule has 0 radical (unpaired) electrons. The zero-order valence-corrected chi connectivity index (χ0v) is 11.2. The first kappa shape index (κ1) is 11.3. The van der Waals surface area contributed by atoms with Crippen molar-refractivity contribution in [2.45, 2.75) is 44.6 Å². The Kier molecular flexibility index (Phi) is 2.71. The quantitative estimate of drug-likeness (QED) is 0.813. The first-order valence-electron chi connectivity index (χ1n) is 7.54. The molecule has 2 aromatic rings. The van der Waals surface area contributed by atoms with Crippen molar-refractivity contribution in [3.63, 3.8) is 0 Å². The van der Waals surface area contributed by atoms with Crippen molar-refractivity contribution < 1.29 is 4.52 Å². The highest BCUT2D eigenvalue weighted by Gasteiger charge is 2.35. The van der Waals surface area contributed by atoms with Crippen LogP contribution in [0, 0.1) is 5.92 Å². The predicted molar refractivity (Wildman–Crippen MR) is 76.3 cm³/mol. The molecule has 19 heavy (non-hydrogen) atoms. The third-order valence-corrected chi connectivity index (χ3v) is 4.87. The lowest BCUT2D eigenvalue weighted by Gasteiger charge is -2.29. The fraction of sp³-hybridized carbons (Fsp3) is 0.562. The van der Waals surface area contributed by atoms with Gasteiger partial charge in [0.1, 0.15) is 0 Å². The zero-order chi connectivity index (χ0) is 12.7. The summed E-state index contributed by atoms with van der Waals surface area (Å²) in [5.41, 5.74) is 0.912. The number of nitrogens with zero attached hydrogens (tertiary/aromatic N) is 2. The maximum Gasteiger partial charge on any atom is 0.180 e. The molecule has 4 rings (SSSR count). The van der Waals surface area contributed by atoms with Gasteiger partial charge >= 0.3 is 0 Å². The Morgan fingerprint density at radius 1 is 1.05 bits per heavy atom. The molecule has 2 fully saturated rings. The maximum atomic E-state index is 5.48. The molecular formula is C16H20N2O. The van der Waals surface area contributed by atoms with Crippen LogP contribution in [-0.2, 0) is 0 Å². The topological polar surface area (TPSA) is 29.3 Å². The van der Waals surface area contributed by atoms with E-state index in [1.165, 1.54) is 43.9 Å². The van der Waals surface area contributed by atoms with Crippen molar-refractivity contribution >= 4 is 16.8 Å². The summed E-state index contributed by atoms with van der Waals surface area (Å²) in [6, 6.07) is 8.91. The van der Waals surface area contributed by atoms with Gasteiger partial charge in [0.2, 0.25) is 0 Å². The SMILES string of the molecule is c1ccc2c(N3CCC[C@@H]3C3CCCC3)noc2c1. The predicted octanol–water partition coefficient (Wildman–Crippen LogP) is 3.99. The second-order valence-corrected chi connectivity index (χ2v) is 5.95. The lowest BCUT2D eigenvalue weighted by molar-refractivity contribution is 0.415. The third kappa shape index (κ3) is 1.83. The summed E-state index contributed by atoms with van der Waals surface area (Å²) in [5, 5.41) is 5.52. The number of fused-ring (bicyclic) bond motifs is 1. The molecule has 0 bridgehead atoms. The summed E-state index contributed by atoms with van der Waals surface area (Å²) in [6.45, 7) is 1.14. The van der Waals surface area contributed by atoms with Crippen molar-refractivity contribution in [2.24, 2.45) is 5.92 Å². The maximum absolute atomic E-state index is 5.48. The van der Waals surface area contributed by atoms with E-state index in [9.17, 15) is 0 Å². The van der Waals surface area contributed by atoms with Crippen LogP contribution in [0.25, 0.3) is 11.0 Å². The van der Waals surface area contributed by atoms with E-state index in [0.29, 0.717) is 6.04 Å². The van der Waals surface area contributed by atoms with Crippen LogP contribution in [0.1, 0.15) is 38.5 Å². The standard InChI is InChI=1S/C16H20N2O/c1-2-7-12(6-1)14-9-5-11-18(14)16-13-8-3-4-10-15(13)19-17-16/h3-4,8,10,12,14H,1-2,5-7,9,11H2/t14-/m1/s1. The second kappa shape index (κ2) is 4.55. The number of rotatable bonds is 2. The molecule has 100 valence electrons. The number of para-hydroxylation sites is 1. The van der Waals surface area contributed by atoms with Crippen LogP contribution in [0.2, 0.25) is 0 Å². The van der Waals surface area contributed by atoms with Gasteiger partial charge in [-0.15, -0.1) is 0 Å². The normalized spacial score (nSPS) is 24.6. The summed E-state index contributed by atoms with van der Waals surface area (Å²) < 4.78 is 5.48. The van der Waals surface area contributed by atoms with Gasteiger partial charge in [-0.3, -0.25) is 0 Å². The van der Waals surface area contributed by atoms with Gasteiger partial charge < -0.3 is 9.42 Å². The number of aromatic nitrogens is 1. The molecule has 1 saturated heterocycles. The Labute approximate surface area is 113 Å². The van der Waals surface area contributed by atoms with E-state index >= 15 is 0 Å². The summed E-state index contributed by atoms with van der Waals surface area (Å²) in [4.78, 5) is 2.52. The molecule has 0 unspecified atom stereocenters. The Hall–Kier alpha value is -1.51. The van der Waals surface area contributed by atoms with Crippen molar-refractivity contribution in [1.29, 1.82) is 0 Å². The third-order valence-electron chi connectivity index (χ3n) is 4.87. The average Bonchev–Trinajstić information content (AvgIpc) is 3.17. The van der Waals surface area contributed by atoms with Gasteiger partial charge in [0.25, 0.3) is 0 Å². The summed E-state index contributed by atoms with van der Waals surface area (Å²) in [7, 11) is 0. The van der Waals surface area contributed by atoms with Gasteiger partial charge in [-0.2, -0.15) is 0 Å². The van der Waals surface area contributed by atoms with Crippen LogP contribution in [0.5, 0.6) is 0 Å². The van der Waals surface area contributed by atoms with E-state index in [1.807, 2.05) is 12.1 Å². The number of hydrogen-bond acceptors (Lipinski definition) is 3. The first-order valence-corrected chi connectivity index (χ1v) is 7.54. The molecular weight excluding hydrogens is 236 g/mol. The molecule has 3 nitrogen and oxygen atoms in total. The minimum Gasteiger partial charge on any atom is -0.354 e. The van der Waals surface area contributed by atoms with Crippen LogP contribution < -0.4 is 4.90 Å². The monoisotopic (exact) mass is 256 g/mol. The van der Waals surface area contributed by atoms with Gasteiger partial charge in [0.15, 0.2) is 11.4 Å². The van der Waals surface area contributed by atoms with E-state index in [1.54, 1.807) is 0 Å². The molecule has 0 spiro atoms. The van der Waals surface area contributed by atoms with E-state index in [-0.39, 0.29) is 0 Å². The van der Waals surface area contributed by atoms with Gasteiger partial charge in [-0.25, -0.2) is 0 Å². The van der Waals surface area contributed by atoms with Crippen molar-refractivity contribution in [3.05, 3.63) is 24.3 Å². The minimum atomic E-state index is 0.691. The fourth-order valence-electron chi connectivity index (χ4n) is 3.97. The number of anilines is 1. The van der Waals surface area contributed by atoms with E-state index in [4.69, 9.17) is 4.52 Å². The molecule has 1 aliphatic carbocycles. The van der Waals surface area contributed by atoms with Crippen molar-refractivity contribution in [1.82, 2.24) is 5.16 Å². The van der Waals surface area contributed by atoms with Crippen LogP contribution in [0.15, 0.2) is 28.8 Å². The van der Waals surface area contributed by atoms with Crippen molar-refractivity contribution in [2.75, 3.05) is 11.4 Å². The van der Waals surface area contributed by atoms with Crippen LogP contribution >= 0.6 is 0 Å². The van der Waals surface area contributed by atoms with Gasteiger partial charge in [-0.05, 0) is 43.7 Å². The molecule has 0 amide bonds. The molecule has 1 atom stereocenters. The minimum absolute atomic E-state index is 0.691. The average molecular weight is 256 g/mol. The smallest absolute Gasteiger partial charge is 0.180 e.